The van der Waals surface area contributed by atoms with Gasteiger partial charge in [-0.3, -0.25) is 4.79 Å². The average molecular weight is 316 g/mol. The Bertz CT molecular complexity index is 556. The molecule has 1 aliphatic heterocycles. The monoisotopic (exact) mass is 316 g/mol. The number of fused-ring (bicyclic) bond motifs is 7. The normalized spacial score (nSPS) is 60.2. The summed E-state index contributed by atoms with van der Waals surface area (Å²) in [6.07, 6.45) is 12.7. The number of ether oxygens (including phenoxy) is 1. The highest BCUT2D eigenvalue weighted by atomic mass is 16.6. The topological polar surface area (TPSA) is 29.6 Å². The lowest BCUT2D eigenvalue weighted by Crippen LogP contribution is -2.55. The van der Waals surface area contributed by atoms with E-state index < -0.39 is 0 Å². The second-order valence-corrected chi connectivity index (χ2v) is 9.99. The molecule has 8 atom stereocenters. The summed E-state index contributed by atoms with van der Waals surface area (Å²) in [5.74, 6) is 3.81. The van der Waals surface area contributed by atoms with Crippen molar-refractivity contribution in [3.8, 4) is 0 Å². The number of ketones is 1. The quantitative estimate of drug-likeness (QED) is 0.653. The molecular weight excluding hydrogens is 284 g/mol. The summed E-state index contributed by atoms with van der Waals surface area (Å²) in [7, 11) is 0. The maximum absolute atomic E-state index is 12.4. The zero-order chi connectivity index (χ0) is 16.0. The van der Waals surface area contributed by atoms with E-state index in [2.05, 4.69) is 13.8 Å². The SMILES string of the molecule is CC(=O)[C@@]12O[C@@H]1C[C@H]1[C@@H]3CC[C@H]4CCCC[C@]4(C)[C@H]3CC[C@@]12C. The van der Waals surface area contributed by atoms with Gasteiger partial charge in [-0.25, -0.2) is 0 Å². The molecule has 5 aliphatic rings. The molecule has 0 aromatic heterocycles. The third kappa shape index (κ3) is 1.58. The van der Waals surface area contributed by atoms with E-state index in [1.54, 1.807) is 6.92 Å². The van der Waals surface area contributed by atoms with Crippen LogP contribution >= 0.6 is 0 Å². The van der Waals surface area contributed by atoms with Crippen molar-refractivity contribution in [3.63, 3.8) is 0 Å². The minimum atomic E-state index is -0.382. The molecule has 128 valence electrons. The summed E-state index contributed by atoms with van der Waals surface area (Å²) in [6.45, 7) is 6.81. The van der Waals surface area contributed by atoms with Crippen LogP contribution in [0.1, 0.15) is 78.6 Å². The molecule has 5 rings (SSSR count). The highest BCUT2D eigenvalue weighted by Crippen LogP contribution is 2.73. The van der Waals surface area contributed by atoms with Gasteiger partial charge in [-0.15, -0.1) is 0 Å². The second-order valence-electron chi connectivity index (χ2n) is 9.99. The molecule has 0 aromatic rings. The van der Waals surface area contributed by atoms with Gasteiger partial charge in [0.1, 0.15) is 0 Å². The molecule has 1 saturated heterocycles. The van der Waals surface area contributed by atoms with Gasteiger partial charge in [0.25, 0.3) is 0 Å². The van der Waals surface area contributed by atoms with Gasteiger partial charge < -0.3 is 4.74 Å². The molecule has 5 fully saturated rings. The van der Waals surface area contributed by atoms with Gasteiger partial charge >= 0.3 is 0 Å². The molecule has 23 heavy (non-hydrogen) atoms. The number of carbonyl (C=O) groups is 1. The van der Waals surface area contributed by atoms with E-state index in [-0.39, 0.29) is 17.1 Å². The number of epoxide rings is 1. The fourth-order valence-corrected chi connectivity index (χ4v) is 8.36. The molecule has 2 heteroatoms. The van der Waals surface area contributed by atoms with Crippen molar-refractivity contribution in [1.82, 2.24) is 0 Å². The smallest absolute Gasteiger partial charge is 0.164 e. The Morgan fingerprint density at radius 1 is 1.00 bits per heavy atom. The highest BCUT2D eigenvalue weighted by Gasteiger charge is 2.79. The van der Waals surface area contributed by atoms with Crippen LogP contribution in [0.4, 0.5) is 0 Å². The van der Waals surface area contributed by atoms with Crippen LogP contribution < -0.4 is 0 Å². The first-order valence-corrected chi connectivity index (χ1v) is 10.1. The average Bonchev–Trinajstić information content (AvgIpc) is 3.20. The minimum Gasteiger partial charge on any atom is -0.357 e. The Hall–Kier alpha value is -0.370. The molecule has 0 aromatic carbocycles. The fourth-order valence-electron chi connectivity index (χ4n) is 8.36. The van der Waals surface area contributed by atoms with Gasteiger partial charge in [0.2, 0.25) is 0 Å². The molecule has 0 radical (unpaired) electrons. The van der Waals surface area contributed by atoms with Crippen molar-refractivity contribution in [2.45, 2.75) is 90.3 Å². The summed E-state index contributed by atoms with van der Waals surface area (Å²) in [4.78, 5) is 12.4. The third-order valence-corrected chi connectivity index (χ3v) is 9.54. The Labute approximate surface area is 140 Å². The fraction of sp³-hybridized carbons (Fsp3) is 0.952. The van der Waals surface area contributed by atoms with Crippen LogP contribution in [0.15, 0.2) is 0 Å². The standard InChI is InChI=1S/C21H32O2/c1-13(22)21-18(23-21)12-17-15-8-7-14-6-4-5-10-19(14,2)16(15)9-11-20(17,21)3/h14-18H,4-12H2,1-3H3/t14-,15-,16+,17+,18-,19+,20+,21-/m1/s1. The first-order chi connectivity index (χ1) is 10.9. The van der Waals surface area contributed by atoms with Crippen molar-refractivity contribution in [1.29, 1.82) is 0 Å². The van der Waals surface area contributed by atoms with Gasteiger partial charge in [0.15, 0.2) is 11.4 Å². The lowest BCUT2D eigenvalue weighted by atomic mass is 9.44. The molecule has 0 N–H and O–H groups in total. The number of rotatable bonds is 1. The van der Waals surface area contributed by atoms with Gasteiger partial charge in [-0.2, -0.15) is 0 Å². The molecule has 2 nitrogen and oxygen atoms in total. The van der Waals surface area contributed by atoms with Crippen molar-refractivity contribution < 1.29 is 9.53 Å². The van der Waals surface area contributed by atoms with Crippen LogP contribution in [0.25, 0.3) is 0 Å². The Kier molecular flexibility index (Phi) is 2.87. The van der Waals surface area contributed by atoms with E-state index in [9.17, 15) is 4.79 Å². The Morgan fingerprint density at radius 2 is 1.83 bits per heavy atom. The van der Waals surface area contributed by atoms with Gasteiger partial charge in [0, 0.05) is 5.41 Å². The van der Waals surface area contributed by atoms with E-state index in [1.807, 2.05) is 0 Å². The molecule has 4 aliphatic carbocycles. The van der Waals surface area contributed by atoms with Crippen molar-refractivity contribution in [2.24, 2.45) is 34.5 Å². The molecule has 0 bridgehead atoms. The van der Waals surface area contributed by atoms with Crippen LogP contribution in [-0.4, -0.2) is 17.5 Å². The molecule has 4 saturated carbocycles. The van der Waals surface area contributed by atoms with Crippen LogP contribution in [0.2, 0.25) is 0 Å². The lowest BCUT2D eigenvalue weighted by molar-refractivity contribution is -0.146. The summed E-state index contributed by atoms with van der Waals surface area (Å²) in [5, 5.41) is 0. The predicted molar refractivity (Wildman–Crippen MR) is 90.0 cm³/mol. The Morgan fingerprint density at radius 3 is 2.61 bits per heavy atom. The van der Waals surface area contributed by atoms with Gasteiger partial charge in [-0.1, -0.05) is 26.7 Å². The summed E-state index contributed by atoms with van der Waals surface area (Å²) < 4.78 is 6.04. The predicted octanol–water partition coefficient (Wildman–Crippen LogP) is 4.76. The highest BCUT2D eigenvalue weighted by molar-refractivity contribution is 5.90. The van der Waals surface area contributed by atoms with E-state index >= 15 is 0 Å². The number of Topliss-reactive ketones (excluding diaryl/α,β-unsaturated/α-hetero) is 1. The first kappa shape index (κ1) is 14.9. The molecular formula is C21H32O2. The van der Waals surface area contributed by atoms with Gasteiger partial charge in [0.05, 0.1) is 6.10 Å². The minimum absolute atomic E-state index is 0.128. The molecule has 0 spiro atoms. The van der Waals surface area contributed by atoms with Crippen LogP contribution in [0.5, 0.6) is 0 Å². The number of hydrogen-bond acceptors (Lipinski definition) is 2. The lowest BCUT2D eigenvalue weighted by Gasteiger charge is -2.60. The zero-order valence-electron chi connectivity index (χ0n) is 15.1. The van der Waals surface area contributed by atoms with Gasteiger partial charge in [-0.05, 0) is 81.0 Å². The Balaban J connectivity index is 1.49. The maximum Gasteiger partial charge on any atom is 0.164 e. The molecule has 0 amide bonds. The summed E-state index contributed by atoms with van der Waals surface area (Å²) >= 11 is 0. The van der Waals surface area contributed by atoms with Crippen LogP contribution in [0.3, 0.4) is 0 Å². The van der Waals surface area contributed by atoms with Crippen molar-refractivity contribution in [3.05, 3.63) is 0 Å². The third-order valence-electron chi connectivity index (χ3n) is 9.54. The maximum atomic E-state index is 12.4. The van der Waals surface area contributed by atoms with E-state index in [0.29, 0.717) is 11.2 Å². The summed E-state index contributed by atoms with van der Waals surface area (Å²) in [5.41, 5.74) is 0.342. The van der Waals surface area contributed by atoms with E-state index in [0.717, 1.165) is 30.1 Å². The van der Waals surface area contributed by atoms with Crippen LogP contribution in [0, 0.1) is 34.5 Å². The largest absolute Gasteiger partial charge is 0.357 e. The van der Waals surface area contributed by atoms with E-state index in [4.69, 9.17) is 4.74 Å². The second kappa shape index (κ2) is 4.42. The van der Waals surface area contributed by atoms with E-state index in [1.165, 1.54) is 51.4 Å². The van der Waals surface area contributed by atoms with Crippen molar-refractivity contribution >= 4 is 5.78 Å². The number of carbonyl (C=O) groups excluding carboxylic acids is 1. The molecule has 1 heterocycles. The first-order valence-electron chi connectivity index (χ1n) is 10.1. The zero-order valence-corrected chi connectivity index (χ0v) is 15.1. The van der Waals surface area contributed by atoms with Crippen molar-refractivity contribution in [2.75, 3.05) is 0 Å². The summed E-state index contributed by atoms with van der Waals surface area (Å²) in [6, 6.07) is 0. The number of hydrogen-bond donors (Lipinski definition) is 0. The molecule has 0 unspecified atom stereocenters. The van der Waals surface area contributed by atoms with Crippen LogP contribution in [-0.2, 0) is 9.53 Å².